The summed E-state index contributed by atoms with van der Waals surface area (Å²) in [4.78, 5) is 0. The molecule has 0 aliphatic heterocycles. The molecule has 6 N–H and O–H groups in total. The largest absolute Gasteiger partial charge is 0.374 e. The molecule has 0 amide bonds. The van der Waals surface area contributed by atoms with Gasteiger partial charge < -0.3 is 15.9 Å². The van der Waals surface area contributed by atoms with Crippen molar-refractivity contribution in [3.05, 3.63) is 35.9 Å². The third-order valence-electron chi connectivity index (χ3n) is 1.69. The molecule has 2 unspecified atom stereocenters. The highest BCUT2D eigenvalue weighted by molar-refractivity contribution is 5.21. The van der Waals surface area contributed by atoms with Crippen molar-refractivity contribution in [2.45, 2.75) is 12.0 Å². The van der Waals surface area contributed by atoms with Crippen LogP contribution in [0.2, 0.25) is 0 Å². The van der Waals surface area contributed by atoms with Crippen molar-refractivity contribution in [1.29, 1.82) is 0 Å². The predicted molar refractivity (Wildman–Crippen MR) is 44.7 cm³/mol. The molecule has 66 valence electrons. The molecule has 1 rings (SSSR count). The van der Waals surface area contributed by atoms with Crippen molar-refractivity contribution in [2.24, 2.45) is 11.5 Å². The third-order valence-corrected chi connectivity index (χ3v) is 1.69. The van der Waals surface area contributed by atoms with Gasteiger partial charge in [-0.1, -0.05) is 30.3 Å². The van der Waals surface area contributed by atoms with Gasteiger partial charge in [0.2, 0.25) is 0 Å². The number of hydrogen-bond donors (Lipinski definition) is 4. The van der Waals surface area contributed by atoms with Crippen molar-refractivity contribution in [2.75, 3.05) is 0 Å². The Morgan fingerprint density at radius 2 is 1.75 bits per heavy atom. The number of hydrogen-bond acceptors (Lipinski definition) is 4. The lowest BCUT2D eigenvalue weighted by atomic mass is 10.0. The average molecular weight is 168 g/mol. The molecule has 0 fully saturated rings. The predicted octanol–water partition coefficient (Wildman–Crippen LogP) is -0.932. The topological polar surface area (TPSA) is 92.5 Å². The normalized spacial score (nSPS) is 18.3. The van der Waals surface area contributed by atoms with E-state index >= 15 is 0 Å². The van der Waals surface area contributed by atoms with Crippen LogP contribution in [0, 0.1) is 0 Å². The minimum absolute atomic E-state index is 0.389. The number of rotatable bonds is 2. The van der Waals surface area contributed by atoms with Gasteiger partial charge in [0.05, 0.1) is 0 Å². The van der Waals surface area contributed by atoms with E-state index in [1.165, 1.54) is 0 Å². The second-order valence-electron chi connectivity index (χ2n) is 2.64. The zero-order chi connectivity index (χ0) is 9.19. The van der Waals surface area contributed by atoms with Gasteiger partial charge in [0.15, 0.2) is 5.72 Å². The van der Waals surface area contributed by atoms with E-state index in [0.29, 0.717) is 5.56 Å². The average Bonchev–Trinajstić information content (AvgIpc) is 2.06. The van der Waals surface area contributed by atoms with E-state index in [1.807, 2.05) is 0 Å². The highest BCUT2D eigenvalue weighted by atomic mass is 16.4. The quantitative estimate of drug-likeness (QED) is 0.429. The minimum Gasteiger partial charge on any atom is -0.374 e. The number of aliphatic hydroxyl groups excluding tert-OH is 1. The van der Waals surface area contributed by atoms with E-state index in [0.717, 1.165) is 0 Å². The van der Waals surface area contributed by atoms with E-state index < -0.39 is 12.0 Å². The van der Waals surface area contributed by atoms with E-state index in [2.05, 4.69) is 0 Å². The SMILES string of the molecule is NC(O)C(N)(O)c1ccccc1. The Labute approximate surface area is 70.4 Å². The summed E-state index contributed by atoms with van der Waals surface area (Å²) in [6.45, 7) is 0. The van der Waals surface area contributed by atoms with Gasteiger partial charge in [-0.15, -0.1) is 0 Å². The fourth-order valence-electron chi connectivity index (χ4n) is 0.876. The van der Waals surface area contributed by atoms with Crippen LogP contribution in [0.15, 0.2) is 30.3 Å². The van der Waals surface area contributed by atoms with E-state index in [-0.39, 0.29) is 0 Å². The molecule has 0 aliphatic rings. The first-order valence-electron chi connectivity index (χ1n) is 3.55. The molecular formula is C8H12N2O2. The van der Waals surface area contributed by atoms with Gasteiger partial charge in [-0.2, -0.15) is 0 Å². The van der Waals surface area contributed by atoms with Gasteiger partial charge in [-0.05, 0) is 0 Å². The molecule has 2 atom stereocenters. The van der Waals surface area contributed by atoms with Crippen LogP contribution in [0.25, 0.3) is 0 Å². The van der Waals surface area contributed by atoms with Crippen molar-refractivity contribution in [3.63, 3.8) is 0 Å². The van der Waals surface area contributed by atoms with E-state index in [9.17, 15) is 5.11 Å². The first kappa shape index (κ1) is 9.15. The molecule has 0 spiro atoms. The fraction of sp³-hybridized carbons (Fsp3) is 0.250. The summed E-state index contributed by atoms with van der Waals surface area (Å²) in [5.41, 5.74) is 8.96. The molecular weight excluding hydrogens is 156 g/mol. The molecule has 0 aliphatic carbocycles. The monoisotopic (exact) mass is 168 g/mol. The molecule has 1 aromatic rings. The Kier molecular flexibility index (Phi) is 2.44. The maximum atomic E-state index is 9.47. The maximum Gasteiger partial charge on any atom is 0.179 e. The van der Waals surface area contributed by atoms with Crippen LogP contribution >= 0.6 is 0 Å². The van der Waals surface area contributed by atoms with Crippen molar-refractivity contribution in [1.82, 2.24) is 0 Å². The van der Waals surface area contributed by atoms with Crippen LogP contribution < -0.4 is 11.5 Å². The zero-order valence-electron chi connectivity index (χ0n) is 6.51. The summed E-state index contributed by atoms with van der Waals surface area (Å²) in [6, 6.07) is 8.37. The summed E-state index contributed by atoms with van der Waals surface area (Å²) >= 11 is 0. The highest BCUT2D eigenvalue weighted by Gasteiger charge is 2.29. The van der Waals surface area contributed by atoms with Crippen molar-refractivity contribution < 1.29 is 10.2 Å². The summed E-state index contributed by atoms with van der Waals surface area (Å²) in [6.07, 6.45) is -1.49. The van der Waals surface area contributed by atoms with Crippen LogP contribution in [0.3, 0.4) is 0 Å². The zero-order valence-corrected chi connectivity index (χ0v) is 6.51. The molecule has 0 radical (unpaired) electrons. The molecule has 1 aromatic carbocycles. The standard InChI is InChI=1S/C8H12N2O2/c9-7(11)8(10,12)6-4-2-1-3-5-6/h1-5,7,11-12H,9-10H2. The van der Waals surface area contributed by atoms with Crippen LogP contribution in [-0.2, 0) is 5.72 Å². The van der Waals surface area contributed by atoms with Crippen LogP contribution in [0.5, 0.6) is 0 Å². The number of nitrogens with two attached hydrogens (primary N) is 2. The Balaban J connectivity index is 2.98. The first-order chi connectivity index (χ1) is 5.55. The summed E-state index contributed by atoms with van der Waals surface area (Å²) in [7, 11) is 0. The Morgan fingerprint density at radius 3 is 2.17 bits per heavy atom. The molecule has 0 aromatic heterocycles. The summed E-state index contributed by atoms with van der Waals surface area (Å²) < 4.78 is 0. The molecule has 0 saturated heterocycles. The second-order valence-corrected chi connectivity index (χ2v) is 2.64. The maximum absolute atomic E-state index is 9.47. The van der Waals surface area contributed by atoms with Gasteiger partial charge in [0.1, 0.15) is 6.23 Å². The fourth-order valence-corrected chi connectivity index (χ4v) is 0.876. The van der Waals surface area contributed by atoms with Gasteiger partial charge in [0.25, 0.3) is 0 Å². The highest BCUT2D eigenvalue weighted by Crippen LogP contribution is 2.15. The van der Waals surface area contributed by atoms with Crippen LogP contribution in [-0.4, -0.2) is 16.4 Å². The van der Waals surface area contributed by atoms with Crippen molar-refractivity contribution in [3.8, 4) is 0 Å². The molecule has 0 bridgehead atoms. The molecule has 0 saturated carbocycles. The first-order valence-corrected chi connectivity index (χ1v) is 3.55. The summed E-state index contributed by atoms with van der Waals surface area (Å²) in [5, 5.41) is 18.4. The molecule has 4 heteroatoms. The lowest BCUT2D eigenvalue weighted by Gasteiger charge is -2.26. The van der Waals surface area contributed by atoms with Crippen molar-refractivity contribution >= 4 is 0 Å². The molecule has 0 heterocycles. The Bertz CT molecular complexity index is 246. The van der Waals surface area contributed by atoms with Crippen LogP contribution in [0.4, 0.5) is 0 Å². The third kappa shape index (κ3) is 1.62. The Hall–Kier alpha value is -0.940. The van der Waals surface area contributed by atoms with Gasteiger partial charge in [-0.3, -0.25) is 5.73 Å². The lowest BCUT2D eigenvalue weighted by Crippen LogP contribution is -2.52. The van der Waals surface area contributed by atoms with Gasteiger partial charge in [0, 0.05) is 5.56 Å². The molecule has 4 nitrogen and oxygen atoms in total. The second kappa shape index (κ2) is 3.20. The van der Waals surface area contributed by atoms with E-state index in [1.54, 1.807) is 30.3 Å². The lowest BCUT2D eigenvalue weighted by molar-refractivity contribution is -0.0730. The Morgan fingerprint density at radius 1 is 1.25 bits per heavy atom. The number of benzene rings is 1. The number of aliphatic hydroxyl groups is 2. The minimum atomic E-state index is -1.87. The van der Waals surface area contributed by atoms with E-state index in [4.69, 9.17) is 16.6 Å². The summed E-state index contributed by atoms with van der Waals surface area (Å²) in [5.74, 6) is 0. The van der Waals surface area contributed by atoms with Gasteiger partial charge >= 0.3 is 0 Å². The smallest absolute Gasteiger partial charge is 0.179 e. The van der Waals surface area contributed by atoms with Gasteiger partial charge in [-0.25, -0.2) is 0 Å². The van der Waals surface area contributed by atoms with Crippen LogP contribution in [0.1, 0.15) is 5.56 Å². The molecule has 12 heavy (non-hydrogen) atoms.